The Morgan fingerprint density at radius 3 is 2.26 bits per heavy atom. The maximum Gasteiger partial charge on any atom is 0.0876 e. The molecule has 0 saturated carbocycles. The van der Waals surface area contributed by atoms with E-state index in [9.17, 15) is 0 Å². The third-order valence-electron chi connectivity index (χ3n) is 3.79. The molecular formula is C18H32O. The molecule has 1 heterocycles. The minimum atomic E-state index is 0.522. The van der Waals surface area contributed by atoms with E-state index < -0.39 is 0 Å². The molecule has 1 rings (SSSR count). The molecule has 1 aliphatic heterocycles. The van der Waals surface area contributed by atoms with Gasteiger partial charge >= 0.3 is 0 Å². The van der Waals surface area contributed by atoms with Crippen molar-refractivity contribution < 1.29 is 4.74 Å². The second-order valence-corrected chi connectivity index (χ2v) is 5.59. The minimum Gasteiger partial charge on any atom is -0.369 e. The van der Waals surface area contributed by atoms with Gasteiger partial charge in [-0.3, -0.25) is 0 Å². The molecule has 1 saturated heterocycles. The van der Waals surface area contributed by atoms with Crippen LogP contribution in [-0.4, -0.2) is 12.2 Å². The molecule has 0 radical (unpaired) electrons. The van der Waals surface area contributed by atoms with Crippen molar-refractivity contribution in [2.75, 3.05) is 0 Å². The highest BCUT2D eigenvalue weighted by molar-refractivity contribution is 4.97. The highest BCUT2D eigenvalue weighted by Gasteiger charge is 2.35. The van der Waals surface area contributed by atoms with Crippen LogP contribution in [0.2, 0.25) is 0 Å². The zero-order chi connectivity index (χ0) is 13.8. The van der Waals surface area contributed by atoms with Gasteiger partial charge in [0.15, 0.2) is 0 Å². The Balaban J connectivity index is 1.81. The van der Waals surface area contributed by atoms with Crippen molar-refractivity contribution in [1.29, 1.82) is 0 Å². The minimum absolute atomic E-state index is 0.522. The molecule has 0 aliphatic carbocycles. The number of hydrogen-bond donors (Lipinski definition) is 0. The van der Waals surface area contributed by atoms with Gasteiger partial charge in [0.05, 0.1) is 12.2 Å². The molecule has 0 spiro atoms. The predicted octanol–water partition coefficient (Wildman–Crippen LogP) is 5.81. The lowest BCUT2D eigenvalue weighted by Crippen LogP contribution is -1.88. The summed E-state index contributed by atoms with van der Waals surface area (Å²) in [6.45, 7) is 4.47. The molecule has 0 aromatic rings. The Hall–Kier alpha value is -0.560. The normalized spacial score (nSPS) is 22.6. The van der Waals surface area contributed by atoms with Crippen LogP contribution in [-0.2, 0) is 4.74 Å². The van der Waals surface area contributed by atoms with Crippen LogP contribution in [0.15, 0.2) is 24.3 Å². The van der Waals surface area contributed by atoms with Crippen molar-refractivity contribution in [3.05, 3.63) is 24.3 Å². The topological polar surface area (TPSA) is 12.5 Å². The van der Waals surface area contributed by atoms with Crippen molar-refractivity contribution in [3.8, 4) is 0 Å². The second-order valence-electron chi connectivity index (χ2n) is 5.59. The SMILES string of the molecule is CCCCCCCCC=CCC=CC[C@@H]1O[C@H]1CC. The summed E-state index contributed by atoms with van der Waals surface area (Å²) in [6.07, 6.45) is 23.2. The third-order valence-corrected chi connectivity index (χ3v) is 3.79. The fourth-order valence-electron chi connectivity index (χ4n) is 2.41. The van der Waals surface area contributed by atoms with E-state index in [0.29, 0.717) is 12.2 Å². The van der Waals surface area contributed by atoms with Crippen molar-refractivity contribution in [2.45, 2.75) is 90.3 Å². The lowest BCUT2D eigenvalue weighted by atomic mass is 10.1. The van der Waals surface area contributed by atoms with Gasteiger partial charge in [-0.2, -0.15) is 0 Å². The molecule has 2 atom stereocenters. The van der Waals surface area contributed by atoms with E-state index in [4.69, 9.17) is 4.74 Å². The number of rotatable bonds is 12. The van der Waals surface area contributed by atoms with Crippen molar-refractivity contribution >= 4 is 0 Å². The summed E-state index contributed by atoms with van der Waals surface area (Å²) in [4.78, 5) is 0. The van der Waals surface area contributed by atoms with Gasteiger partial charge < -0.3 is 4.74 Å². The van der Waals surface area contributed by atoms with E-state index in [1.54, 1.807) is 0 Å². The fourth-order valence-corrected chi connectivity index (χ4v) is 2.41. The first kappa shape index (κ1) is 16.5. The van der Waals surface area contributed by atoms with Gasteiger partial charge in [-0.1, -0.05) is 70.3 Å². The summed E-state index contributed by atoms with van der Waals surface area (Å²) in [7, 11) is 0. The summed E-state index contributed by atoms with van der Waals surface area (Å²) in [5.74, 6) is 0. The monoisotopic (exact) mass is 264 g/mol. The maximum atomic E-state index is 5.50. The van der Waals surface area contributed by atoms with Crippen molar-refractivity contribution in [2.24, 2.45) is 0 Å². The maximum absolute atomic E-state index is 5.50. The van der Waals surface area contributed by atoms with Crippen molar-refractivity contribution in [1.82, 2.24) is 0 Å². The number of unbranched alkanes of at least 4 members (excludes halogenated alkanes) is 6. The van der Waals surface area contributed by atoms with Crippen LogP contribution in [0.5, 0.6) is 0 Å². The predicted molar refractivity (Wildman–Crippen MR) is 84.5 cm³/mol. The van der Waals surface area contributed by atoms with Gasteiger partial charge in [-0.25, -0.2) is 0 Å². The van der Waals surface area contributed by atoms with Crippen LogP contribution in [0.3, 0.4) is 0 Å². The van der Waals surface area contributed by atoms with Crippen LogP contribution in [0.1, 0.15) is 78.1 Å². The Morgan fingerprint density at radius 2 is 1.53 bits per heavy atom. The van der Waals surface area contributed by atoms with Crippen molar-refractivity contribution in [3.63, 3.8) is 0 Å². The molecule has 1 nitrogen and oxygen atoms in total. The molecule has 0 N–H and O–H groups in total. The Labute approximate surface area is 120 Å². The molecule has 0 amide bonds. The average Bonchev–Trinajstić information content (AvgIpc) is 3.19. The van der Waals surface area contributed by atoms with Crippen LogP contribution in [0.25, 0.3) is 0 Å². The summed E-state index contributed by atoms with van der Waals surface area (Å²) >= 11 is 0. The standard InChI is InChI=1S/C18H32O/c1-3-5-6-7-8-9-10-11-12-13-14-15-16-18-17(4-2)19-18/h11-12,14-15,17-18H,3-10,13,16H2,1-2H3/t17-,18-/m0/s1. The molecule has 1 fully saturated rings. The summed E-state index contributed by atoms with van der Waals surface area (Å²) in [6, 6.07) is 0. The Bertz CT molecular complexity index is 254. The highest BCUT2D eigenvalue weighted by atomic mass is 16.6. The van der Waals surface area contributed by atoms with E-state index in [-0.39, 0.29) is 0 Å². The van der Waals surface area contributed by atoms with Crippen LogP contribution in [0, 0.1) is 0 Å². The molecule has 0 unspecified atom stereocenters. The first-order valence-corrected chi connectivity index (χ1v) is 8.34. The van der Waals surface area contributed by atoms with Crippen LogP contribution < -0.4 is 0 Å². The number of hydrogen-bond acceptors (Lipinski definition) is 1. The molecule has 0 aromatic carbocycles. The largest absolute Gasteiger partial charge is 0.369 e. The quantitative estimate of drug-likeness (QED) is 0.246. The lowest BCUT2D eigenvalue weighted by Gasteiger charge is -1.97. The fraction of sp³-hybridized carbons (Fsp3) is 0.778. The first-order valence-electron chi connectivity index (χ1n) is 8.34. The first-order chi connectivity index (χ1) is 9.38. The molecule has 0 aromatic heterocycles. The summed E-state index contributed by atoms with van der Waals surface area (Å²) in [5.41, 5.74) is 0. The van der Waals surface area contributed by atoms with E-state index in [1.165, 1.54) is 44.9 Å². The zero-order valence-corrected chi connectivity index (χ0v) is 12.9. The van der Waals surface area contributed by atoms with Crippen LogP contribution >= 0.6 is 0 Å². The summed E-state index contributed by atoms with van der Waals surface area (Å²) in [5, 5.41) is 0. The lowest BCUT2D eigenvalue weighted by molar-refractivity contribution is 0.367. The molecule has 1 aliphatic rings. The second kappa shape index (κ2) is 11.3. The van der Waals surface area contributed by atoms with Gasteiger partial charge in [0.25, 0.3) is 0 Å². The number of allylic oxidation sites excluding steroid dienone is 3. The zero-order valence-electron chi connectivity index (χ0n) is 12.9. The number of ether oxygens (including phenoxy) is 1. The third kappa shape index (κ3) is 9.04. The number of epoxide rings is 1. The van der Waals surface area contributed by atoms with Gasteiger partial charge in [0, 0.05) is 0 Å². The molecule has 110 valence electrons. The Morgan fingerprint density at radius 1 is 0.789 bits per heavy atom. The molecular weight excluding hydrogens is 232 g/mol. The van der Waals surface area contributed by atoms with E-state index in [0.717, 1.165) is 19.3 Å². The summed E-state index contributed by atoms with van der Waals surface area (Å²) < 4.78 is 5.50. The van der Waals surface area contributed by atoms with Gasteiger partial charge in [-0.05, 0) is 32.1 Å². The molecule has 0 bridgehead atoms. The average molecular weight is 264 g/mol. The van der Waals surface area contributed by atoms with Gasteiger partial charge in [0.2, 0.25) is 0 Å². The van der Waals surface area contributed by atoms with E-state index >= 15 is 0 Å². The van der Waals surface area contributed by atoms with Gasteiger partial charge in [0.1, 0.15) is 0 Å². The van der Waals surface area contributed by atoms with Crippen LogP contribution in [0.4, 0.5) is 0 Å². The molecule has 1 heteroatoms. The smallest absolute Gasteiger partial charge is 0.0876 e. The Kier molecular flexibility index (Phi) is 9.79. The van der Waals surface area contributed by atoms with Gasteiger partial charge in [-0.15, -0.1) is 0 Å². The van der Waals surface area contributed by atoms with E-state index in [2.05, 4.69) is 38.2 Å². The highest BCUT2D eigenvalue weighted by Crippen LogP contribution is 2.28. The molecule has 19 heavy (non-hydrogen) atoms. The van der Waals surface area contributed by atoms with E-state index in [1.807, 2.05) is 0 Å².